The minimum Gasteiger partial charge on any atom is -0.355 e. The van der Waals surface area contributed by atoms with Crippen LogP contribution >= 0.6 is 23.2 Å². The van der Waals surface area contributed by atoms with Crippen molar-refractivity contribution < 1.29 is 9.59 Å². The Hall–Kier alpha value is -1.85. The summed E-state index contributed by atoms with van der Waals surface area (Å²) in [7, 11) is 5.86. The van der Waals surface area contributed by atoms with Crippen molar-refractivity contribution in [3.63, 3.8) is 0 Å². The fourth-order valence-electron chi connectivity index (χ4n) is 5.14. The average Bonchev–Trinajstić information content (AvgIpc) is 3.26. The van der Waals surface area contributed by atoms with Crippen LogP contribution < -0.4 is 15.6 Å². The van der Waals surface area contributed by atoms with Crippen LogP contribution in [0, 0.1) is 11.8 Å². The van der Waals surface area contributed by atoms with Gasteiger partial charge in [0.2, 0.25) is 11.8 Å². The highest BCUT2D eigenvalue weighted by Crippen LogP contribution is 2.29. The molecule has 0 bridgehead atoms. The Morgan fingerprint density at radius 1 is 1.03 bits per heavy atom. The number of piperazine rings is 1. The van der Waals surface area contributed by atoms with Crippen molar-refractivity contribution >= 4 is 54.5 Å². The van der Waals surface area contributed by atoms with Crippen LogP contribution in [0.15, 0.2) is 23.3 Å². The predicted molar refractivity (Wildman–Crippen MR) is 154 cm³/mol. The fraction of sp³-hybridized carbons (Fsp3) is 0.654. The number of amides is 2. The third kappa shape index (κ3) is 8.58. The van der Waals surface area contributed by atoms with Gasteiger partial charge >= 0.3 is 0 Å². The highest BCUT2D eigenvalue weighted by molar-refractivity contribution is 6.42. The summed E-state index contributed by atoms with van der Waals surface area (Å²) in [6.45, 7) is 10.5. The van der Waals surface area contributed by atoms with E-state index in [1.165, 1.54) is 12.8 Å². The average molecular weight is 562 g/mol. The lowest BCUT2D eigenvalue weighted by Gasteiger charge is -2.38. The van der Waals surface area contributed by atoms with E-state index < -0.39 is 0 Å². The number of nitrogens with zero attached hydrogens (tertiary/aromatic N) is 5. The zero-order chi connectivity index (χ0) is 27.1. The summed E-state index contributed by atoms with van der Waals surface area (Å²) < 4.78 is 0. The number of halogens is 2. The highest BCUT2D eigenvalue weighted by atomic mass is 35.5. The second kappa shape index (κ2) is 14.0. The topological polar surface area (TPSA) is 83.5 Å². The molecule has 0 aliphatic carbocycles. The van der Waals surface area contributed by atoms with E-state index in [2.05, 4.69) is 25.5 Å². The quantitative estimate of drug-likeness (QED) is 0.355. The zero-order valence-corrected chi connectivity index (χ0v) is 23.7. The Morgan fingerprint density at radius 2 is 1.74 bits per heavy atom. The lowest BCUT2D eigenvalue weighted by molar-refractivity contribution is -0.123. The number of hydrazone groups is 1. The lowest BCUT2D eigenvalue weighted by Crippen LogP contribution is -2.51. The number of benzene rings is 1. The van der Waals surface area contributed by atoms with Crippen molar-refractivity contribution in [1.82, 2.24) is 25.2 Å². The molecule has 38 heavy (non-hydrogen) atoms. The third-order valence-corrected chi connectivity index (χ3v) is 8.25. The van der Waals surface area contributed by atoms with E-state index in [-0.39, 0.29) is 17.7 Å². The second-order valence-corrected chi connectivity index (χ2v) is 11.4. The SMILES string of the molecule is [B]N1CCC(CN2CCN(CC(=O)NCCCC(=O)NC3=NN(c4ccc(Cl)c(Cl)c4)CC3C)CC2)CC1. The molecule has 206 valence electrons. The molecular formula is C26H38BCl2N7O2. The first-order valence-electron chi connectivity index (χ1n) is 13.6. The molecule has 1 atom stereocenters. The van der Waals surface area contributed by atoms with Crippen molar-refractivity contribution in [3.8, 4) is 0 Å². The Labute approximate surface area is 237 Å². The highest BCUT2D eigenvalue weighted by Gasteiger charge is 2.26. The summed E-state index contributed by atoms with van der Waals surface area (Å²) in [5.41, 5.74) is 0.826. The summed E-state index contributed by atoms with van der Waals surface area (Å²) in [6, 6.07) is 5.35. The normalized spacial score (nSPS) is 21.9. The molecule has 9 nitrogen and oxygen atoms in total. The molecule has 3 heterocycles. The Bertz CT molecular complexity index is 998. The predicted octanol–water partition coefficient (Wildman–Crippen LogP) is 2.19. The molecule has 3 aliphatic rings. The van der Waals surface area contributed by atoms with Gasteiger partial charge in [-0.15, -0.1) is 0 Å². The molecule has 0 saturated carbocycles. The van der Waals surface area contributed by atoms with E-state index >= 15 is 0 Å². The van der Waals surface area contributed by atoms with Gasteiger partial charge in [-0.1, -0.05) is 30.1 Å². The van der Waals surface area contributed by atoms with Gasteiger partial charge in [0.1, 0.15) is 5.84 Å². The Balaban J connectivity index is 1.08. The number of amidine groups is 1. The van der Waals surface area contributed by atoms with E-state index in [9.17, 15) is 9.59 Å². The lowest BCUT2D eigenvalue weighted by atomic mass is 9.94. The first-order valence-corrected chi connectivity index (χ1v) is 14.3. The molecule has 3 aliphatic heterocycles. The Kier molecular flexibility index (Phi) is 10.7. The minimum atomic E-state index is -0.103. The molecule has 1 aromatic rings. The number of hydrogen-bond acceptors (Lipinski definition) is 7. The molecule has 2 radical (unpaired) electrons. The van der Waals surface area contributed by atoms with Crippen molar-refractivity contribution in [2.24, 2.45) is 16.9 Å². The first kappa shape index (κ1) is 29.1. The first-order chi connectivity index (χ1) is 18.3. The fourth-order valence-corrected chi connectivity index (χ4v) is 5.44. The zero-order valence-electron chi connectivity index (χ0n) is 22.2. The van der Waals surface area contributed by atoms with Crippen molar-refractivity contribution in [3.05, 3.63) is 28.2 Å². The van der Waals surface area contributed by atoms with Gasteiger partial charge in [0.05, 0.1) is 28.8 Å². The van der Waals surface area contributed by atoms with E-state index in [0.29, 0.717) is 48.4 Å². The summed E-state index contributed by atoms with van der Waals surface area (Å²) in [5.74, 6) is 1.35. The Morgan fingerprint density at radius 3 is 2.45 bits per heavy atom. The number of carbonyl (C=O) groups excluding carboxylic acids is 2. The summed E-state index contributed by atoms with van der Waals surface area (Å²) in [5, 5.41) is 13.2. The van der Waals surface area contributed by atoms with E-state index in [1.54, 1.807) is 12.1 Å². The maximum atomic E-state index is 12.5. The largest absolute Gasteiger partial charge is 0.355 e. The van der Waals surface area contributed by atoms with Crippen LogP contribution in [0.5, 0.6) is 0 Å². The van der Waals surface area contributed by atoms with Crippen LogP contribution in [0.4, 0.5) is 5.69 Å². The second-order valence-electron chi connectivity index (χ2n) is 10.6. The maximum Gasteiger partial charge on any atom is 0.234 e. The molecule has 2 amide bonds. The van der Waals surface area contributed by atoms with Gasteiger partial charge in [0.25, 0.3) is 0 Å². The molecule has 2 saturated heterocycles. The molecular weight excluding hydrogens is 524 g/mol. The van der Waals surface area contributed by atoms with Crippen molar-refractivity contribution in [2.45, 2.75) is 32.6 Å². The van der Waals surface area contributed by atoms with Gasteiger partial charge in [-0.25, -0.2) is 0 Å². The number of piperidine rings is 1. The maximum absolute atomic E-state index is 12.5. The van der Waals surface area contributed by atoms with E-state index in [4.69, 9.17) is 31.2 Å². The van der Waals surface area contributed by atoms with Crippen LogP contribution in [-0.4, -0.2) is 106 Å². The monoisotopic (exact) mass is 561 g/mol. The van der Waals surface area contributed by atoms with Gasteiger partial charge in [0, 0.05) is 51.6 Å². The number of rotatable bonds is 9. The summed E-state index contributed by atoms with van der Waals surface area (Å²) >= 11 is 12.1. The number of anilines is 1. The number of nitrogens with one attached hydrogen (secondary N) is 2. The van der Waals surface area contributed by atoms with Crippen molar-refractivity contribution in [1.29, 1.82) is 0 Å². The van der Waals surface area contributed by atoms with Crippen LogP contribution in [0.3, 0.4) is 0 Å². The van der Waals surface area contributed by atoms with Crippen LogP contribution in [0.25, 0.3) is 0 Å². The van der Waals surface area contributed by atoms with Gasteiger partial charge in [-0.05, 0) is 56.5 Å². The molecule has 0 aromatic heterocycles. The molecule has 0 spiro atoms. The minimum absolute atomic E-state index is 0.0141. The molecule has 12 heteroatoms. The molecule has 1 unspecified atom stereocenters. The number of hydrogen-bond donors (Lipinski definition) is 2. The third-order valence-electron chi connectivity index (χ3n) is 7.51. The van der Waals surface area contributed by atoms with Gasteiger partial charge < -0.3 is 20.3 Å². The summed E-state index contributed by atoms with van der Waals surface area (Å²) in [6.07, 6.45) is 3.23. The van der Waals surface area contributed by atoms with Crippen LogP contribution in [0.1, 0.15) is 32.6 Å². The van der Waals surface area contributed by atoms with Gasteiger partial charge in [0.15, 0.2) is 7.98 Å². The van der Waals surface area contributed by atoms with E-state index in [0.717, 1.165) is 57.4 Å². The van der Waals surface area contributed by atoms with Gasteiger partial charge in [-0.2, -0.15) is 5.10 Å². The molecule has 1 aromatic carbocycles. The molecule has 4 rings (SSSR count). The van der Waals surface area contributed by atoms with E-state index in [1.807, 2.05) is 22.8 Å². The standard InChI is InChI=1S/C26H38BCl2N7O2/c1-19-16-36(21-4-5-22(28)23(29)15-21)32-26(19)31-24(37)3-2-8-30-25(38)18-34-13-11-33(12-14-34)17-20-6-9-35(27)10-7-20/h4-5,15,19-20H,2-3,6-14,16-18H2,1H3,(H,30,38)(H,31,32,37). The molecule has 2 N–H and O–H groups in total. The van der Waals surface area contributed by atoms with Gasteiger partial charge in [-0.3, -0.25) is 19.5 Å². The van der Waals surface area contributed by atoms with Crippen LogP contribution in [-0.2, 0) is 9.59 Å². The number of carbonyl (C=O) groups is 2. The van der Waals surface area contributed by atoms with Crippen LogP contribution in [0.2, 0.25) is 10.0 Å². The molecule has 2 fully saturated rings. The van der Waals surface area contributed by atoms with Crippen molar-refractivity contribution in [2.75, 3.05) is 70.5 Å². The smallest absolute Gasteiger partial charge is 0.234 e. The summed E-state index contributed by atoms with van der Waals surface area (Å²) in [4.78, 5) is 31.5.